The van der Waals surface area contributed by atoms with Crippen LogP contribution in [0.1, 0.15) is 5.82 Å². The third-order valence-corrected chi connectivity index (χ3v) is 2.41. The first-order valence-electron chi connectivity index (χ1n) is 3.98. The van der Waals surface area contributed by atoms with E-state index in [1.807, 2.05) is 0 Å². The van der Waals surface area contributed by atoms with Gasteiger partial charge < -0.3 is 9.20 Å². The monoisotopic (exact) mass is 228 g/mol. The van der Waals surface area contributed by atoms with Crippen LogP contribution in [0.2, 0.25) is 10.2 Å². The van der Waals surface area contributed by atoms with E-state index in [1.165, 1.54) is 0 Å². The van der Waals surface area contributed by atoms with Gasteiger partial charge in [0.05, 0.1) is 11.9 Å². The zero-order valence-electron chi connectivity index (χ0n) is 7.08. The van der Waals surface area contributed by atoms with E-state index in [-0.39, 0.29) is 6.42 Å². The van der Waals surface area contributed by atoms with Crippen molar-refractivity contribution in [2.45, 2.75) is 6.42 Å². The highest BCUT2D eigenvalue weighted by Crippen LogP contribution is 2.21. The van der Waals surface area contributed by atoms with Gasteiger partial charge in [-0.25, -0.2) is 4.98 Å². The molecule has 3 nitrogen and oxygen atoms in total. The number of hydrogen-bond donors (Lipinski definition) is 0. The maximum absolute atomic E-state index is 10.4. The number of aldehydes is 1. The van der Waals surface area contributed by atoms with Crippen molar-refractivity contribution in [2.24, 2.45) is 0 Å². The van der Waals surface area contributed by atoms with Crippen molar-refractivity contribution in [3.8, 4) is 0 Å². The second-order valence-corrected chi connectivity index (χ2v) is 3.58. The molecular formula is C9H6Cl2N2O. The molecule has 0 spiro atoms. The molecule has 0 N–H and O–H groups in total. The molecule has 0 aliphatic heterocycles. The molecule has 0 saturated carbocycles. The Kier molecular flexibility index (Phi) is 2.44. The number of carbonyl (C=O) groups is 1. The summed E-state index contributed by atoms with van der Waals surface area (Å²) < 4.78 is 1.75. The van der Waals surface area contributed by atoms with Crippen LogP contribution in [-0.4, -0.2) is 15.7 Å². The molecule has 2 aromatic rings. The fourth-order valence-corrected chi connectivity index (χ4v) is 1.70. The molecule has 2 heterocycles. The van der Waals surface area contributed by atoms with Crippen LogP contribution in [-0.2, 0) is 11.2 Å². The van der Waals surface area contributed by atoms with Crippen molar-refractivity contribution < 1.29 is 4.79 Å². The van der Waals surface area contributed by atoms with Gasteiger partial charge in [0.25, 0.3) is 0 Å². The topological polar surface area (TPSA) is 34.4 Å². The summed E-state index contributed by atoms with van der Waals surface area (Å²) in [7, 11) is 0. The Labute approximate surface area is 90.3 Å². The van der Waals surface area contributed by atoms with Gasteiger partial charge in [-0.15, -0.1) is 0 Å². The van der Waals surface area contributed by atoms with Crippen LogP contribution >= 0.6 is 23.2 Å². The Hall–Kier alpha value is -1.06. The molecule has 0 atom stereocenters. The molecule has 0 radical (unpaired) electrons. The minimum Gasteiger partial charge on any atom is -0.303 e. The summed E-state index contributed by atoms with van der Waals surface area (Å²) in [5.41, 5.74) is 0.719. The molecule has 0 unspecified atom stereocenters. The number of halogens is 2. The van der Waals surface area contributed by atoms with Crippen molar-refractivity contribution in [3.63, 3.8) is 0 Å². The summed E-state index contributed by atoms with van der Waals surface area (Å²) >= 11 is 11.7. The Morgan fingerprint density at radius 1 is 1.50 bits per heavy atom. The van der Waals surface area contributed by atoms with Gasteiger partial charge >= 0.3 is 0 Å². The van der Waals surface area contributed by atoms with E-state index < -0.39 is 0 Å². The fraction of sp³-hybridized carbons (Fsp3) is 0.111. The first-order valence-corrected chi connectivity index (χ1v) is 4.73. The largest absolute Gasteiger partial charge is 0.303 e. The van der Waals surface area contributed by atoms with Gasteiger partial charge in [0, 0.05) is 11.2 Å². The highest BCUT2D eigenvalue weighted by Gasteiger charge is 2.08. The second-order valence-electron chi connectivity index (χ2n) is 2.79. The molecule has 0 bridgehead atoms. The van der Waals surface area contributed by atoms with Crippen LogP contribution in [0, 0.1) is 0 Å². The van der Waals surface area contributed by atoms with E-state index in [0.717, 1.165) is 11.8 Å². The van der Waals surface area contributed by atoms with E-state index in [1.54, 1.807) is 22.7 Å². The van der Waals surface area contributed by atoms with Gasteiger partial charge in [0.15, 0.2) is 5.15 Å². The van der Waals surface area contributed by atoms with Crippen LogP contribution in [0.5, 0.6) is 0 Å². The van der Waals surface area contributed by atoms with Crippen molar-refractivity contribution in [3.05, 3.63) is 34.3 Å². The van der Waals surface area contributed by atoms with E-state index in [2.05, 4.69) is 4.98 Å². The smallest absolute Gasteiger partial charge is 0.155 e. The molecule has 0 saturated heterocycles. The zero-order valence-corrected chi connectivity index (χ0v) is 8.59. The molecule has 14 heavy (non-hydrogen) atoms. The van der Waals surface area contributed by atoms with Crippen LogP contribution in [0.3, 0.4) is 0 Å². The van der Waals surface area contributed by atoms with Crippen molar-refractivity contribution >= 4 is 35.0 Å². The molecule has 0 aliphatic carbocycles. The van der Waals surface area contributed by atoms with Gasteiger partial charge in [-0.2, -0.15) is 0 Å². The van der Waals surface area contributed by atoms with E-state index in [4.69, 9.17) is 23.2 Å². The Morgan fingerprint density at radius 3 is 3.00 bits per heavy atom. The standard InChI is InChI=1S/C9H6Cl2N2O/c10-6-1-3-13-7(5-6)9(11)12-8(13)2-4-14/h1,3-5H,2H2. The lowest BCUT2D eigenvalue weighted by Gasteiger charge is -1.96. The minimum absolute atomic E-state index is 0.246. The minimum atomic E-state index is 0.246. The average Bonchev–Trinajstić information content (AvgIpc) is 2.44. The second kappa shape index (κ2) is 3.59. The highest BCUT2D eigenvalue weighted by molar-refractivity contribution is 6.34. The molecule has 72 valence electrons. The maximum atomic E-state index is 10.4. The van der Waals surface area contributed by atoms with Crippen LogP contribution in [0.4, 0.5) is 0 Å². The summed E-state index contributed by atoms with van der Waals surface area (Å²) in [6.45, 7) is 0. The summed E-state index contributed by atoms with van der Waals surface area (Å²) in [6.07, 6.45) is 2.78. The summed E-state index contributed by atoms with van der Waals surface area (Å²) in [4.78, 5) is 14.4. The first-order chi connectivity index (χ1) is 6.72. The molecular weight excluding hydrogens is 223 g/mol. The number of imidazole rings is 1. The molecule has 0 aromatic carbocycles. The fourth-order valence-electron chi connectivity index (χ4n) is 1.30. The van der Waals surface area contributed by atoms with Crippen molar-refractivity contribution in [1.29, 1.82) is 0 Å². The van der Waals surface area contributed by atoms with E-state index in [0.29, 0.717) is 16.0 Å². The predicted octanol–water partition coefficient (Wildman–Crippen LogP) is 2.38. The molecule has 0 aliphatic rings. The normalized spacial score (nSPS) is 10.7. The molecule has 2 aromatic heterocycles. The molecule has 0 fully saturated rings. The van der Waals surface area contributed by atoms with Crippen LogP contribution in [0.25, 0.3) is 5.52 Å². The lowest BCUT2D eigenvalue weighted by molar-refractivity contribution is -0.107. The predicted molar refractivity (Wildman–Crippen MR) is 55.0 cm³/mol. The van der Waals surface area contributed by atoms with Gasteiger partial charge in [0.2, 0.25) is 0 Å². The average molecular weight is 229 g/mol. The molecule has 2 rings (SSSR count). The van der Waals surface area contributed by atoms with Crippen molar-refractivity contribution in [1.82, 2.24) is 9.38 Å². The van der Waals surface area contributed by atoms with E-state index in [9.17, 15) is 4.79 Å². The number of aromatic nitrogens is 2. The van der Waals surface area contributed by atoms with Crippen LogP contribution < -0.4 is 0 Å². The maximum Gasteiger partial charge on any atom is 0.155 e. The van der Waals surface area contributed by atoms with Crippen molar-refractivity contribution in [2.75, 3.05) is 0 Å². The lowest BCUT2D eigenvalue weighted by Crippen LogP contribution is -1.94. The van der Waals surface area contributed by atoms with Gasteiger partial charge in [-0.3, -0.25) is 0 Å². The van der Waals surface area contributed by atoms with E-state index >= 15 is 0 Å². The highest BCUT2D eigenvalue weighted by atomic mass is 35.5. The quantitative estimate of drug-likeness (QED) is 0.741. The number of hydrogen-bond acceptors (Lipinski definition) is 2. The van der Waals surface area contributed by atoms with Gasteiger partial charge in [0.1, 0.15) is 12.1 Å². The third-order valence-electron chi connectivity index (χ3n) is 1.90. The Morgan fingerprint density at radius 2 is 2.29 bits per heavy atom. The van der Waals surface area contributed by atoms with Gasteiger partial charge in [-0.05, 0) is 12.1 Å². The number of rotatable bonds is 2. The molecule has 5 heteroatoms. The summed E-state index contributed by atoms with van der Waals surface area (Å²) in [5, 5.41) is 0.960. The summed E-state index contributed by atoms with van der Waals surface area (Å²) in [5.74, 6) is 0.622. The first kappa shape index (κ1) is 9.49. The number of carbonyl (C=O) groups excluding carboxylic acids is 1. The zero-order chi connectivity index (χ0) is 10.1. The number of nitrogens with zero attached hydrogens (tertiary/aromatic N) is 2. The Bertz CT molecular complexity index is 493. The van der Waals surface area contributed by atoms with Gasteiger partial charge in [-0.1, -0.05) is 23.2 Å². The SMILES string of the molecule is O=CCc1nc(Cl)c2cc(Cl)ccn12. The van der Waals surface area contributed by atoms with Crippen LogP contribution in [0.15, 0.2) is 18.3 Å². The molecule has 0 amide bonds. The lowest BCUT2D eigenvalue weighted by atomic mass is 10.4. The number of pyridine rings is 1. The summed E-state index contributed by atoms with van der Waals surface area (Å²) in [6, 6.07) is 3.44. The third kappa shape index (κ3) is 1.49. The number of fused-ring (bicyclic) bond motifs is 1. The Balaban J connectivity index is 2.70.